The second-order valence-corrected chi connectivity index (χ2v) is 5.45. The zero-order chi connectivity index (χ0) is 11.7. The maximum atomic E-state index is 10.9. The summed E-state index contributed by atoms with van der Waals surface area (Å²) in [5.41, 5.74) is 3.52. The van der Waals surface area contributed by atoms with E-state index in [1.165, 1.54) is 29.5 Å². The zero-order valence-corrected chi connectivity index (χ0v) is 10.3. The first-order chi connectivity index (χ1) is 8.28. The number of rotatable bonds is 1. The lowest BCUT2D eigenvalue weighted by Crippen LogP contribution is -2.38. The van der Waals surface area contributed by atoms with E-state index in [0.29, 0.717) is 0 Å². The molecule has 1 N–H and O–H groups in total. The highest BCUT2D eigenvalue weighted by Gasteiger charge is 2.35. The Balaban J connectivity index is 1.89. The van der Waals surface area contributed by atoms with Crippen LogP contribution in [0, 0.1) is 0 Å². The quantitative estimate of drug-likeness (QED) is 0.730. The van der Waals surface area contributed by atoms with Crippen LogP contribution in [0.25, 0.3) is 0 Å². The van der Waals surface area contributed by atoms with Crippen molar-refractivity contribution in [3.8, 4) is 0 Å². The van der Waals surface area contributed by atoms with E-state index < -0.39 is 5.60 Å². The van der Waals surface area contributed by atoms with Crippen LogP contribution in [0.1, 0.15) is 43.2 Å². The molecule has 0 fully saturated rings. The van der Waals surface area contributed by atoms with E-state index in [2.05, 4.69) is 30.3 Å². The lowest BCUT2D eigenvalue weighted by Gasteiger charge is -2.37. The van der Waals surface area contributed by atoms with Crippen molar-refractivity contribution >= 4 is 0 Å². The summed E-state index contributed by atoms with van der Waals surface area (Å²) in [5.74, 6) is 0. The minimum Gasteiger partial charge on any atom is -0.385 e. The number of hydrogen-bond acceptors (Lipinski definition) is 1. The number of fused-ring (bicyclic) bond motifs is 1. The molecule has 2 aliphatic rings. The number of hydrogen-bond donors (Lipinski definition) is 1. The molecule has 0 saturated carbocycles. The van der Waals surface area contributed by atoms with E-state index in [4.69, 9.17) is 0 Å². The molecular weight excluding hydrogens is 208 g/mol. The van der Waals surface area contributed by atoms with Crippen LogP contribution in [0.3, 0.4) is 0 Å². The molecule has 2 aliphatic carbocycles. The second kappa shape index (κ2) is 4.30. The summed E-state index contributed by atoms with van der Waals surface area (Å²) >= 11 is 0. The lowest BCUT2D eigenvalue weighted by molar-refractivity contribution is 0.0585. The number of aliphatic hydroxyl groups is 1. The van der Waals surface area contributed by atoms with Gasteiger partial charge in [0, 0.05) is 6.42 Å². The molecule has 1 heteroatoms. The summed E-state index contributed by atoms with van der Waals surface area (Å²) in [4.78, 5) is 0. The maximum Gasteiger partial charge on any atom is 0.0900 e. The first-order valence-corrected chi connectivity index (χ1v) is 6.77. The predicted octanol–water partition coefficient (Wildman–Crippen LogP) is 3.41. The molecule has 1 aromatic carbocycles. The largest absolute Gasteiger partial charge is 0.385 e. The molecule has 3 rings (SSSR count). The third kappa shape index (κ3) is 2.04. The second-order valence-electron chi connectivity index (χ2n) is 5.45. The van der Waals surface area contributed by atoms with Crippen LogP contribution in [0.5, 0.6) is 0 Å². The smallest absolute Gasteiger partial charge is 0.0900 e. The Labute approximate surface area is 103 Å². The standard InChI is InChI=1S/C16H20O/c17-16(15-8-2-1-3-9-15)11-10-13-6-4-5-7-14(13)12-16/h4-8,17H,1-3,9-12H2. The summed E-state index contributed by atoms with van der Waals surface area (Å²) in [6.45, 7) is 0. The topological polar surface area (TPSA) is 20.2 Å². The fourth-order valence-electron chi connectivity index (χ4n) is 3.25. The predicted molar refractivity (Wildman–Crippen MR) is 70.0 cm³/mol. The fourth-order valence-corrected chi connectivity index (χ4v) is 3.25. The minimum absolute atomic E-state index is 0.547. The van der Waals surface area contributed by atoms with Gasteiger partial charge in [-0.2, -0.15) is 0 Å². The molecule has 1 aromatic rings. The van der Waals surface area contributed by atoms with Crippen molar-refractivity contribution in [1.29, 1.82) is 0 Å². The highest BCUT2D eigenvalue weighted by atomic mass is 16.3. The molecule has 0 bridgehead atoms. The maximum absolute atomic E-state index is 10.9. The van der Waals surface area contributed by atoms with Crippen LogP contribution in [0.4, 0.5) is 0 Å². The van der Waals surface area contributed by atoms with Gasteiger partial charge >= 0.3 is 0 Å². The summed E-state index contributed by atoms with van der Waals surface area (Å²) in [5, 5.41) is 10.9. The SMILES string of the molecule is OC1(C2=CCCCC2)CCc2ccccc2C1. The van der Waals surface area contributed by atoms with E-state index in [9.17, 15) is 5.11 Å². The van der Waals surface area contributed by atoms with Crippen molar-refractivity contribution in [3.63, 3.8) is 0 Å². The summed E-state index contributed by atoms with van der Waals surface area (Å²) < 4.78 is 0. The normalized spacial score (nSPS) is 28.4. The Bertz CT molecular complexity index is 447. The average Bonchev–Trinajstić information content (AvgIpc) is 2.40. The van der Waals surface area contributed by atoms with Crippen LogP contribution in [0.2, 0.25) is 0 Å². The van der Waals surface area contributed by atoms with Gasteiger partial charge in [0.05, 0.1) is 5.60 Å². The van der Waals surface area contributed by atoms with Crippen molar-refractivity contribution in [2.75, 3.05) is 0 Å². The van der Waals surface area contributed by atoms with Crippen LogP contribution < -0.4 is 0 Å². The first-order valence-electron chi connectivity index (χ1n) is 6.77. The van der Waals surface area contributed by atoms with Gasteiger partial charge in [0.15, 0.2) is 0 Å². The van der Waals surface area contributed by atoms with Gasteiger partial charge in [-0.15, -0.1) is 0 Å². The Morgan fingerprint density at radius 2 is 1.82 bits per heavy atom. The monoisotopic (exact) mass is 228 g/mol. The molecule has 1 atom stereocenters. The molecule has 0 amide bonds. The molecule has 0 saturated heterocycles. The Morgan fingerprint density at radius 1 is 1.00 bits per heavy atom. The van der Waals surface area contributed by atoms with Gasteiger partial charge in [0.1, 0.15) is 0 Å². The van der Waals surface area contributed by atoms with Crippen molar-refractivity contribution in [2.45, 2.75) is 50.5 Å². The van der Waals surface area contributed by atoms with Crippen LogP contribution in [-0.4, -0.2) is 10.7 Å². The van der Waals surface area contributed by atoms with E-state index in [0.717, 1.165) is 32.1 Å². The zero-order valence-electron chi connectivity index (χ0n) is 10.3. The van der Waals surface area contributed by atoms with Crippen LogP contribution >= 0.6 is 0 Å². The molecule has 1 unspecified atom stereocenters. The Kier molecular flexibility index (Phi) is 2.79. The Morgan fingerprint density at radius 3 is 2.59 bits per heavy atom. The van der Waals surface area contributed by atoms with Gasteiger partial charge in [-0.1, -0.05) is 30.3 Å². The molecule has 90 valence electrons. The van der Waals surface area contributed by atoms with Crippen molar-refractivity contribution < 1.29 is 5.11 Å². The van der Waals surface area contributed by atoms with E-state index in [1.807, 2.05) is 0 Å². The van der Waals surface area contributed by atoms with Gasteiger partial charge in [-0.3, -0.25) is 0 Å². The van der Waals surface area contributed by atoms with Crippen molar-refractivity contribution in [3.05, 3.63) is 47.0 Å². The van der Waals surface area contributed by atoms with Gasteiger partial charge in [-0.25, -0.2) is 0 Å². The summed E-state index contributed by atoms with van der Waals surface area (Å²) in [6, 6.07) is 8.55. The molecule has 0 heterocycles. The number of allylic oxidation sites excluding steroid dienone is 1. The minimum atomic E-state index is -0.547. The fraction of sp³-hybridized carbons (Fsp3) is 0.500. The van der Waals surface area contributed by atoms with E-state index in [1.54, 1.807) is 0 Å². The van der Waals surface area contributed by atoms with Gasteiger partial charge in [0.25, 0.3) is 0 Å². The molecule has 0 aliphatic heterocycles. The van der Waals surface area contributed by atoms with Gasteiger partial charge in [-0.05, 0) is 55.2 Å². The molecule has 17 heavy (non-hydrogen) atoms. The lowest BCUT2D eigenvalue weighted by atomic mass is 9.73. The molecule has 0 aromatic heterocycles. The number of benzene rings is 1. The summed E-state index contributed by atoms with van der Waals surface area (Å²) in [7, 11) is 0. The van der Waals surface area contributed by atoms with E-state index in [-0.39, 0.29) is 0 Å². The highest BCUT2D eigenvalue weighted by Crippen LogP contribution is 2.37. The molecular formula is C16H20O. The highest BCUT2D eigenvalue weighted by molar-refractivity contribution is 5.35. The van der Waals surface area contributed by atoms with Gasteiger partial charge < -0.3 is 5.11 Å². The van der Waals surface area contributed by atoms with Crippen LogP contribution in [0.15, 0.2) is 35.9 Å². The van der Waals surface area contributed by atoms with Gasteiger partial charge in [0.2, 0.25) is 0 Å². The third-order valence-electron chi connectivity index (χ3n) is 4.30. The molecule has 1 nitrogen and oxygen atoms in total. The average molecular weight is 228 g/mol. The first kappa shape index (κ1) is 11.0. The van der Waals surface area contributed by atoms with Crippen LogP contribution in [-0.2, 0) is 12.8 Å². The Hall–Kier alpha value is -1.08. The van der Waals surface area contributed by atoms with Crippen molar-refractivity contribution in [2.24, 2.45) is 0 Å². The number of aryl methyl sites for hydroxylation is 1. The summed E-state index contributed by atoms with van der Waals surface area (Å²) in [6.07, 6.45) is 9.80. The molecule has 0 radical (unpaired) electrons. The van der Waals surface area contributed by atoms with E-state index >= 15 is 0 Å². The molecule has 0 spiro atoms. The van der Waals surface area contributed by atoms with Crippen molar-refractivity contribution in [1.82, 2.24) is 0 Å². The third-order valence-corrected chi connectivity index (χ3v) is 4.30.